The number of alkyl halides is 3. The second kappa shape index (κ2) is 10.4. The van der Waals surface area contributed by atoms with Gasteiger partial charge in [0.25, 0.3) is 0 Å². The number of guanidine groups is 1. The monoisotopic (exact) mass is 562 g/mol. The molecular weight excluding hydrogens is 532 g/mol. The molecule has 1 aromatic heterocycles. The molecule has 0 spiro atoms. The van der Waals surface area contributed by atoms with Gasteiger partial charge in [-0.25, -0.2) is 0 Å². The molecule has 4 rings (SSSR count). The van der Waals surface area contributed by atoms with Crippen molar-refractivity contribution in [2.24, 2.45) is 4.99 Å². The fourth-order valence-corrected chi connectivity index (χ4v) is 4.80. The Morgan fingerprint density at radius 1 is 1.12 bits per heavy atom. The Morgan fingerprint density at radius 2 is 1.91 bits per heavy atom. The van der Waals surface area contributed by atoms with Crippen molar-refractivity contribution in [3.63, 3.8) is 0 Å². The molecular formula is C22H30F3IN6. The largest absolute Gasteiger partial charge is 0.416 e. The number of halogens is 4. The van der Waals surface area contributed by atoms with Gasteiger partial charge in [-0.1, -0.05) is 37.5 Å². The summed E-state index contributed by atoms with van der Waals surface area (Å²) in [4.78, 5) is 4.30. The van der Waals surface area contributed by atoms with Crippen molar-refractivity contribution in [2.45, 2.75) is 69.6 Å². The van der Waals surface area contributed by atoms with Gasteiger partial charge in [0.1, 0.15) is 5.82 Å². The van der Waals surface area contributed by atoms with Crippen molar-refractivity contribution in [1.29, 1.82) is 0 Å². The van der Waals surface area contributed by atoms with Gasteiger partial charge >= 0.3 is 6.18 Å². The molecule has 0 unspecified atom stereocenters. The number of rotatable bonds is 5. The number of fused-ring (bicyclic) bond motifs is 1. The molecule has 1 aromatic carbocycles. The van der Waals surface area contributed by atoms with Gasteiger partial charge in [-0.05, 0) is 30.9 Å². The Morgan fingerprint density at radius 3 is 2.62 bits per heavy atom. The minimum Gasteiger partial charge on any atom is -0.356 e. The number of aromatic nitrogens is 3. The maximum atomic E-state index is 13.3. The van der Waals surface area contributed by atoms with E-state index in [-0.39, 0.29) is 29.4 Å². The third-order valence-corrected chi connectivity index (χ3v) is 6.53. The Labute approximate surface area is 203 Å². The average molecular weight is 562 g/mol. The summed E-state index contributed by atoms with van der Waals surface area (Å²) in [5.74, 6) is 2.51. The molecule has 6 nitrogen and oxygen atoms in total. The molecule has 176 valence electrons. The Kier molecular flexibility index (Phi) is 8.05. The molecule has 1 aliphatic carbocycles. The van der Waals surface area contributed by atoms with Gasteiger partial charge in [-0.15, -0.1) is 34.2 Å². The minimum atomic E-state index is -4.34. The molecule has 2 heterocycles. The van der Waals surface area contributed by atoms with E-state index in [9.17, 15) is 13.2 Å². The first kappa shape index (κ1) is 24.8. The first-order valence-electron chi connectivity index (χ1n) is 10.9. The van der Waals surface area contributed by atoms with Crippen molar-refractivity contribution < 1.29 is 13.2 Å². The van der Waals surface area contributed by atoms with Crippen molar-refractivity contribution in [2.75, 3.05) is 13.6 Å². The van der Waals surface area contributed by atoms with Crippen molar-refractivity contribution in [3.8, 4) is 0 Å². The van der Waals surface area contributed by atoms with Gasteiger partial charge in [0.15, 0.2) is 11.8 Å². The number of benzene rings is 1. The molecule has 0 radical (unpaired) electrons. The van der Waals surface area contributed by atoms with E-state index in [0.29, 0.717) is 19.0 Å². The number of aliphatic imine (C=N–C) groups is 1. The van der Waals surface area contributed by atoms with E-state index in [4.69, 9.17) is 0 Å². The van der Waals surface area contributed by atoms with Gasteiger partial charge < -0.3 is 15.2 Å². The maximum absolute atomic E-state index is 13.3. The van der Waals surface area contributed by atoms with Crippen LogP contribution in [0.25, 0.3) is 0 Å². The smallest absolute Gasteiger partial charge is 0.356 e. The lowest BCUT2D eigenvalue weighted by atomic mass is 9.69. The fraction of sp³-hybridized carbons (Fsp3) is 0.591. The lowest BCUT2D eigenvalue weighted by molar-refractivity contribution is -0.137. The Bertz CT molecular complexity index is 934. The summed E-state index contributed by atoms with van der Waals surface area (Å²) in [6, 6.07) is 5.82. The maximum Gasteiger partial charge on any atom is 0.416 e. The summed E-state index contributed by atoms with van der Waals surface area (Å²) in [6.07, 6.45) is 2.56. The highest BCUT2D eigenvalue weighted by atomic mass is 127. The summed E-state index contributed by atoms with van der Waals surface area (Å²) in [7, 11) is 1.70. The number of nitrogens with one attached hydrogen (secondary N) is 2. The van der Waals surface area contributed by atoms with Gasteiger partial charge in [-0.3, -0.25) is 4.99 Å². The molecule has 10 heteroatoms. The normalized spacial score (nSPS) is 18.1. The second-order valence-electron chi connectivity index (χ2n) is 8.49. The van der Waals surface area contributed by atoms with Crippen molar-refractivity contribution in [3.05, 3.63) is 47.0 Å². The zero-order valence-corrected chi connectivity index (χ0v) is 20.5. The van der Waals surface area contributed by atoms with Crippen molar-refractivity contribution >= 4 is 29.9 Å². The van der Waals surface area contributed by atoms with Crippen LogP contribution in [0.1, 0.15) is 61.3 Å². The zero-order valence-electron chi connectivity index (χ0n) is 18.2. The van der Waals surface area contributed by atoms with Crippen LogP contribution in [0.4, 0.5) is 13.2 Å². The van der Waals surface area contributed by atoms with Crippen LogP contribution in [0, 0.1) is 0 Å². The van der Waals surface area contributed by atoms with Crippen LogP contribution < -0.4 is 10.6 Å². The first-order chi connectivity index (χ1) is 14.9. The molecule has 2 N–H and O–H groups in total. The lowest BCUT2D eigenvalue weighted by Crippen LogP contribution is -2.46. The number of aryl methyl sites for hydroxylation is 1. The summed E-state index contributed by atoms with van der Waals surface area (Å²) >= 11 is 0. The van der Waals surface area contributed by atoms with E-state index in [1.807, 2.05) is 6.07 Å². The van der Waals surface area contributed by atoms with Crippen LogP contribution in [-0.4, -0.2) is 34.3 Å². The second-order valence-corrected chi connectivity index (χ2v) is 8.49. The first-order valence-corrected chi connectivity index (χ1v) is 10.9. The van der Waals surface area contributed by atoms with E-state index in [2.05, 4.69) is 30.4 Å². The SMILES string of the molecule is CN=C(NCc1nnc2n1CCC2)NCC1(c2cccc(C(F)(F)F)c2)CCCCC1.I. The van der Waals surface area contributed by atoms with Crippen LogP contribution in [0.5, 0.6) is 0 Å². The number of nitrogens with zero attached hydrogens (tertiary/aromatic N) is 4. The predicted octanol–water partition coefficient (Wildman–Crippen LogP) is 4.43. The van der Waals surface area contributed by atoms with E-state index in [0.717, 1.165) is 74.8 Å². The molecule has 1 fully saturated rings. The highest BCUT2D eigenvalue weighted by Gasteiger charge is 2.37. The summed E-state index contributed by atoms with van der Waals surface area (Å²) < 4.78 is 42.0. The highest BCUT2D eigenvalue weighted by Crippen LogP contribution is 2.41. The topological polar surface area (TPSA) is 67.1 Å². The van der Waals surface area contributed by atoms with E-state index < -0.39 is 11.7 Å². The quantitative estimate of drug-likeness (QED) is 0.322. The van der Waals surface area contributed by atoms with Gasteiger partial charge in [0.05, 0.1) is 12.1 Å². The summed E-state index contributed by atoms with van der Waals surface area (Å²) in [5, 5.41) is 15.1. The van der Waals surface area contributed by atoms with Crippen LogP contribution in [0.2, 0.25) is 0 Å². The predicted molar refractivity (Wildman–Crippen MR) is 128 cm³/mol. The van der Waals surface area contributed by atoms with Crippen molar-refractivity contribution in [1.82, 2.24) is 25.4 Å². The molecule has 0 bridgehead atoms. The fourth-order valence-electron chi connectivity index (χ4n) is 4.80. The molecule has 1 aliphatic heterocycles. The third kappa shape index (κ3) is 5.37. The van der Waals surface area contributed by atoms with Crippen LogP contribution in [0.15, 0.2) is 29.3 Å². The van der Waals surface area contributed by atoms with E-state index >= 15 is 0 Å². The van der Waals surface area contributed by atoms with E-state index in [1.54, 1.807) is 7.05 Å². The summed E-state index contributed by atoms with van der Waals surface area (Å²) in [5.41, 5.74) is -0.175. The third-order valence-electron chi connectivity index (χ3n) is 6.53. The summed E-state index contributed by atoms with van der Waals surface area (Å²) in [6.45, 7) is 1.97. The highest BCUT2D eigenvalue weighted by molar-refractivity contribution is 14.0. The van der Waals surface area contributed by atoms with Crippen LogP contribution in [-0.2, 0) is 31.1 Å². The Hall–Kier alpha value is -1.85. The van der Waals surface area contributed by atoms with Crippen LogP contribution >= 0.6 is 24.0 Å². The zero-order chi connectivity index (χ0) is 21.9. The van der Waals surface area contributed by atoms with Gasteiger partial charge in [0, 0.05) is 32.0 Å². The molecule has 2 aromatic rings. The minimum absolute atomic E-state index is 0. The molecule has 0 amide bonds. The molecule has 0 atom stereocenters. The molecule has 0 saturated heterocycles. The Balaban J connectivity index is 0.00000289. The van der Waals surface area contributed by atoms with Gasteiger partial charge in [-0.2, -0.15) is 13.2 Å². The van der Waals surface area contributed by atoms with Crippen LogP contribution in [0.3, 0.4) is 0 Å². The average Bonchev–Trinajstić information content (AvgIpc) is 3.39. The molecule has 32 heavy (non-hydrogen) atoms. The molecule has 1 saturated carbocycles. The standard InChI is InChI=1S/C22H29F3N6.HI/c1-26-20(27-14-19-30-29-18-9-6-12-31(18)19)28-15-21(10-3-2-4-11-21)16-7-5-8-17(13-16)22(23,24)25;/h5,7-8,13H,2-4,6,9-12,14-15H2,1H3,(H2,26,27,28);1H. The number of hydrogen-bond acceptors (Lipinski definition) is 3. The molecule has 2 aliphatic rings. The van der Waals surface area contributed by atoms with E-state index in [1.165, 1.54) is 12.1 Å². The van der Waals surface area contributed by atoms with Gasteiger partial charge in [0.2, 0.25) is 0 Å². The lowest BCUT2D eigenvalue weighted by Gasteiger charge is -2.38. The number of hydrogen-bond donors (Lipinski definition) is 2.